The summed E-state index contributed by atoms with van der Waals surface area (Å²) in [6.07, 6.45) is 0.209. The van der Waals surface area contributed by atoms with Gasteiger partial charge in [0.1, 0.15) is 0 Å². The third-order valence-electron chi connectivity index (χ3n) is 2.70. The molecule has 0 aromatic heterocycles. The second-order valence-corrected chi connectivity index (χ2v) is 5.91. The Morgan fingerprint density at radius 1 is 1.45 bits per heavy atom. The number of hydrogen-bond acceptors (Lipinski definition) is 5. The van der Waals surface area contributed by atoms with Gasteiger partial charge in [-0.15, -0.1) is 0 Å². The molecule has 9 heteroatoms. The molecule has 7 nitrogen and oxygen atoms in total. The maximum absolute atomic E-state index is 13.5. The molecular formula is C11H15FN2O5S. The lowest BCUT2D eigenvalue weighted by molar-refractivity contribution is -0.388. The number of nitro groups is 1. The number of benzene rings is 1. The predicted octanol–water partition coefficient (Wildman–Crippen LogP) is 1.01. The molecule has 1 aromatic carbocycles. The van der Waals surface area contributed by atoms with Crippen LogP contribution in [0.3, 0.4) is 0 Å². The normalized spacial score (nSPS) is 11.6. The molecule has 0 saturated carbocycles. The number of sulfonamides is 1. The number of halogens is 1. The number of nitrogens with zero attached hydrogens (tertiary/aromatic N) is 1. The zero-order valence-electron chi connectivity index (χ0n) is 11.0. The van der Waals surface area contributed by atoms with Gasteiger partial charge >= 0.3 is 5.69 Å². The zero-order valence-corrected chi connectivity index (χ0v) is 11.8. The Labute approximate surface area is 115 Å². The molecule has 112 valence electrons. The van der Waals surface area contributed by atoms with Gasteiger partial charge in [0.2, 0.25) is 15.8 Å². The summed E-state index contributed by atoms with van der Waals surface area (Å²) >= 11 is 0. The van der Waals surface area contributed by atoms with Gasteiger partial charge in [-0.3, -0.25) is 10.1 Å². The van der Waals surface area contributed by atoms with Crippen LogP contribution in [0.1, 0.15) is 17.5 Å². The second kappa shape index (κ2) is 6.25. The first-order chi connectivity index (χ1) is 9.22. The first kappa shape index (κ1) is 16.5. The Bertz CT molecular complexity index is 630. The van der Waals surface area contributed by atoms with Crippen LogP contribution in [0.2, 0.25) is 0 Å². The van der Waals surface area contributed by atoms with Gasteiger partial charge in [0.05, 0.1) is 15.4 Å². The molecule has 0 spiro atoms. The predicted molar refractivity (Wildman–Crippen MR) is 69.4 cm³/mol. The van der Waals surface area contributed by atoms with Crippen molar-refractivity contribution in [1.29, 1.82) is 0 Å². The fraction of sp³-hybridized carbons (Fsp3) is 0.455. The highest BCUT2D eigenvalue weighted by atomic mass is 32.2. The first-order valence-electron chi connectivity index (χ1n) is 5.77. The molecule has 1 rings (SSSR count). The van der Waals surface area contributed by atoms with Crippen molar-refractivity contribution in [3.05, 3.63) is 33.1 Å². The number of aryl methyl sites for hydroxylation is 1. The second-order valence-electron chi connectivity index (χ2n) is 4.21. The van der Waals surface area contributed by atoms with Gasteiger partial charge in [0.15, 0.2) is 0 Å². The van der Waals surface area contributed by atoms with Gasteiger partial charge in [-0.05, 0) is 31.9 Å². The highest BCUT2D eigenvalue weighted by Crippen LogP contribution is 2.30. The van der Waals surface area contributed by atoms with Gasteiger partial charge in [-0.25, -0.2) is 13.1 Å². The van der Waals surface area contributed by atoms with E-state index in [1.165, 1.54) is 13.8 Å². The number of aliphatic hydroxyl groups is 1. The van der Waals surface area contributed by atoms with Crippen LogP contribution in [-0.2, 0) is 10.0 Å². The van der Waals surface area contributed by atoms with Crippen LogP contribution in [0, 0.1) is 29.8 Å². The zero-order chi connectivity index (χ0) is 15.5. The largest absolute Gasteiger partial charge is 0.396 e. The van der Waals surface area contributed by atoms with Gasteiger partial charge in [0, 0.05) is 13.2 Å². The summed E-state index contributed by atoms with van der Waals surface area (Å²) in [5.74, 6) is -1.07. The first-order valence-corrected chi connectivity index (χ1v) is 7.25. The third kappa shape index (κ3) is 3.30. The molecule has 0 unspecified atom stereocenters. The number of nitrogens with one attached hydrogen (secondary N) is 1. The van der Waals surface area contributed by atoms with Crippen molar-refractivity contribution in [3.8, 4) is 0 Å². The van der Waals surface area contributed by atoms with Crippen molar-refractivity contribution in [3.63, 3.8) is 0 Å². The smallest absolute Gasteiger partial charge is 0.309 e. The SMILES string of the molecule is Cc1cc(F)c([N+](=O)[O-])c(C)c1S(=O)(=O)NCCCO. The molecule has 0 radical (unpaired) electrons. The lowest BCUT2D eigenvalue weighted by atomic mass is 10.1. The van der Waals surface area contributed by atoms with Crippen molar-refractivity contribution < 1.29 is 22.8 Å². The van der Waals surface area contributed by atoms with Crippen LogP contribution in [-0.4, -0.2) is 31.6 Å². The topological polar surface area (TPSA) is 110 Å². The Morgan fingerprint density at radius 2 is 2.05 bits per heavy atom. The summed E-state index contributed by atoms with van der Waals surface area (Å²) in [7, 11) is -4.00. The van der Waals surface area contributed by atoms with E-state index in [9.17, 15) is 22.9 Å². The number of aliphatic hydroxyl groups excluding tert-OH is 1. The molecule has 20 heavy (non-hydrogen) atoms. The molecule has 0 heterocycles. The van der Waals surface area contributed by atoms with E-state index >= 15 is 0 Å². The molecule has 0 aliphatic rings. The van der Waals surface area contributed by atoms with Crippen LogP contribution >= 0.6 is 0 Å². The summed E-state index contributed by atoms with van der Waals surface area (Å²) in [6, 6.07) is 0.825. The third-order valence-corrected chi connectivity index (χ3v) is 4.45. The Kier molecular flexibility index (Phi) is 5.15. The Morgan fingerprint density at radius 3 is 2.55 bits per heavy atom. The lowest BCUT2D eigenvalue weighted by Gasteiger charge is -2.12. The Hall–Kier alpha value is -1.58. The highest BCUT2D eigenvalue weighted by molar-refractivity contribution is 7.89. The van der Waals surface area contributed by atoms with Crippen molar-refractivity contribution in [2.45, 2.75) is 25.2 Å². The van der Waals surface area contributed by atoms with E-state index in [0.29, 0.717) is 0 Å². The van der Waals surface area contributed by atoms with Crippen molar-refractivity contribution in [2.75, 3.05) is 13.2 Å². The standard InChI is InChI=1S/C11H15FN2O5S/c1-7-6-9(12)10(14(16)17)8(2)11(7)20(18,19)13-4-3-5-15/h6,13,15H,3-5H2,1-2H3. The van der Waals surface area contributed by atoms with E-state index in [4.69, 9.17) is 5.11 Å². The van der Waals surface area contributed by atoms with Gasteiger partial charge in [0.25, 0.3) is 0 Å². The van der Waals surface area contributed by atoms with E-state index in [1.807, 2.05) is 0 Å². The van der Waals surface area contributed by atoms with E-state index in [-0.39, 0.29) is 35.6 Å². The number of rotatable bonds is 6. The summed E-state index contributed by atoms with van der Waals surface area (Å²) in [5, 5.41) is 19.4. The highest BCUT2D eigenvalue weighted by Gasteiger charge is 2.28. The minimum absolute atomic E-state index is 0.0110. The average Bonchev–Trinajstić information content (AvgIpc) is 2.26. The monoisotopic (exact) mass is 306 g/mol. The molecule has 0 saturated heterocycles. The lowest BCUT2D eigenvalue weighted by Crippen LogP contribution is -2.27. The molecule has 0 amide bonds. The van der Waals surface area contributed by atoms with Gasteiger partial charge in [-0.2, -0.15) is 4.39 Å². The quantitative estimate of drug-likeness (QED) is 0.463. The average molecular weight is 306 g/mol. The van der Waals surface area contributed by atoms with Crippen LogP contribution in [0.25, 0.3) is 0 Å². The van der Waals surface area contributed by atoms with Crippen LogP contribution in [0.15, 0.2) is 11.0 Å². The van der Waals surface area contributed by atoms with E-state index in [1.54, 1.807) is 0 Å². The maximum atomic E-state index is 13.5. The van der Waals surface area contributed by atoms with Crippen LogP contribution in [0.5, 0.6) is 0 Å². The Balaban J connectivity index is 3.38. The molecule has 0 aliphatic carbocycles. The fourth-order valence-corrected chi connectivity index (χ4v) is 3.44. The van der Waals surface area contributed by atoms with E-state index < -0.39 is 26.5 Å². The summed E-state index contributed by atoms with van der Waals surface area (Å²) in [6.45, 7) is 2.35. The van der Waals surface area contributed by atoms with E-state index in [2.05, 4.69) is 4.72 Å². The molecule has 0 fully saturated rings. The molecule has 0 bridgehead atoms. The van der Waals surface area contributed by atoms with Gasteiger partial charge < -0.3 is 5.11 Å². The molecular weight excluding hydrogens is 291 g/mol. The molecule has 0 atom stereocenters. The molecule has 1 aromatic rings. The van der Waals surface area contributed by atoms with E-state index in [0.717, 1.165) is 6.07 Å². The number of hydrogen-bond donors (Lipinski definition) is 2. The van der Waals surface area contributed by atoms with Crippen LogP contribution < -0.4 is 4.72 Å². The molecule has 0 aliphatic heterocycles. The summed E-state index contributed by atoms with van der Waals surface area (Å²) < 4.78 is 40.0. The fourth-order valence-electron chi connectivity index (χ4n) is 1.90. The maximum Gasteiger partial charge on any atom is 0.309 e. The van der Waals surface area contributed by atoms with Crippen LogP contribution in [0.4, 0.5) is 10.1 Å². The minimum atomic E-state index is -4.00. The van der Waals surface area contributed by atoms with Crippen molar-refractivity contribution in [2.24, 2.45) is 0 Å². The number of nitro benzene ring substituents is 1. The summed E-state index contributed by atoms with van der Waals surface area (Å²) in [5.41, 5.74) is -1.01. The molecule has 2 N–H and O–H groups in total. The minimum Gasteiger partial charge on any atom is -0.396 e. The van der Waals surface area contributed by atoms with Gasteiger partial charge in [-0.1, -0.05) is 0 Å². The summed E-state index contributed by atoms with van der Waals surface area (Å²) in [4.78, 5) is 9.56. The van der Waals surface area contributed by atoms with Crippen molar-refractivity contribution in [1.82, 2.24) is 4.72 Å². The van der Waals surface area contributed by atoms with Crippen molar-refractivity contribution >= 4 is 15.7 Å².